The molecule has 0 bridgehead atoms. The maximum absolute atomic E-state index is 6.34. The van der Waals surface area contributed by atoms with Gasteiger partial charge in [0.1, 0.15) is 0 Å². The van der Waals surface area contributed by atoms with Crippen molar-refractivity contribution < 1.29 is 4.74 Å². The Balaban J connectivity index is 3.13. The number of hydrogen-bond acceptors (Lipinski definition) is 3. The summed E-state index contributed by atoms with van der Waals surface area (Å²) in [7, 11) is 1.75. The Labute approximate surface area is 121 Å². The molecule has 0 aliphatic rings. The van der Waals surface area contributed by atoms with E-state index >= 15 is 0 Å². The summed E-state index contributed by atoms with van der Waals surface area (Å²) in [6, 6.07) is 0.0662. The van der Waals surface area contributed by atoms with Crippen molar-refractivity contribution in [1.29, 1.82) is 0 Å². The van der Waals surface area contributed by atoms with Gasteiger partial charge in [-0.3, -0.25) is 4.68 Å². The van der Waals surface area contributed by atoms with Gasteiger partial charge >= 0.3 is 0 Å². The zero-order chi connectivity index (χ0) is 14.4. The molecular weight excluding hydrogens is 262 g/mol. The van der Waals surface area contributed by atoms with Crippen LogP contribution in [0.25, 0.3) is 0 Å². The second-order valence-electron chi connectivity index (χ2n) is 5.08. The van der Waals surface area contributed by atoms with E-state index in [1.54, 1.807) is 13.3 Å². The van der Waals surface area contributed by atoms with Gasteiger partial charge in [-0.05, 0) is 18.9 Å². The Morgan fingerprint density at radius 3 is 2.58 bits per heavy atom. The fraction of sp³-hybridized carbons (Fsp3) is 0.786. The van der Waals surface area contributed by atoms with E-state index in [1.165, 1.54) is 0 Å². The molecule has 0 radical (unpaired) electrons. The van der Waals surface area contributed by atoms with Crippen molar-refractivity contribution in [2.24, 2.45) is 5.92 Å². The van der Waals surface area contributed by atoms with Crippen LogP contribution in [-0.4, -0.2) is 29.5 Å². The molecule has 2 atom stereocenters. The lowest BCUT2D eigenvalue weighted by atomic mass is 9.96. The Morgan fingerprint density at radius 2 is 2.11 bits per heavy atom. The molecule has 0 aliphatic carbocycles. The van der Waals surface area contributed by atoms with Crippen molar-refractivity contribution >= 4 is 11.6 Å². The van der Waals surface area contributed by atoms with E-state index in [0.29, 0.717) is 10.9 Å². The van der Waals surface area contributed by atoms with Crippen LogP contribution in [0.2, 0.25) is 5.02 Å². The molecule has 0 aromatic carbocycles. The first-order valence-electron chi connectivity index (χ1n) is 7.04. The molecule has 5 heteroatoms. The van der Waals surface area contributed by atoms with Crippen LogP contribution in [0.4, 0.5) is 0 Å². The maximum Gasteiger partial charge on any atom is 0.0835 e. The SMILES string of the molecule is CCCn1ncc(Cl)c1C(NCC)C(OC)C(C)C. The van der Waals surface area contributed by atoms with Crippen LogP contribution in [0.1, 0.15) is 45.9 Å². The number of ether oxygens (including phenoxy) is 1. The first-order valence-corrected chi connectivity index (χ1v) is 7.41. The summed E-state index contributed by atoms with van der Waals surface area (Å²) in [5.41, 5.74) is 1.03. The average molecular weight is 288 g/mol. The van der Waals surface area contributed by atoms with Gasteiger partial charge in [-0.1, -0.05) is 39.3 Å². The van der Waals surface area contributed by atoms with Crippen molar-refractivity contribution in [2.45, 2.75) is 52.8 Å². The van der Waals surface area contributed by atoms with E-state index in [4.69, 9.17) is 16.3 Å². The number of methoxy groups -OCH3 is 1. The molecule has 19 heavy (non-hydrogen) atoms. The molecule has 0 spiro atoms. The number of halogens is 1. The molecule has 1 rings (SSSR count). The monoisotopic (exact) mass is 287 g/mol. The molecule has 1 aromatic heterocycles. The summed E-state index contributed by atoms with van der Waals surface area (Å²) >= 11 is 6.34. The normalized spacial score (nSPS) is 14.9. The Morgan fingerprint density at radius 1 is 1.42 bits per heavy atom. The van der Waals surface area contributed by atoms with Gasteiger partial charge in [-0.2, -0.15) is 5.10 Å². The van der Waals surface area contributed by atoms with Crippen LogP contribution in [0.3, 0.4) is 0 Å². The van der Waals surface area contributed by atoms with Crippen molar-refractivity contribution in [2.75, 3.05) is 13.7 Å². The lowest BCUT2D eigenvalue weighted by Crippen LogP contribution is -2.38. The summed E-state index contributed by atoms with van der Waals surface area (Å²) in [5.74, 6) is 0.398. The fourth-order valence-electron chi connectivity index (χ4n) is 2.45. The first-order chi connectivity index (χ1) is 9.06. The van der Waals surface area contributed by atoms with E-state index in [0.717, 1.165) is 25.2 Å². The quantitative estimate of drug-likeness (QED) is 0.798. The highest BCUT2D eigenvalue weighted by atomic mass is 35.5. The molecule has 110 valence electrons. The van der Waals surface area contributed by atoms with Gasteiger partial charge in [0.05, 0.1) is 29.1 Å². The van der Waals surface area contributed by atoms with E-state index in [1.807, 2.05) is 4.68 Å². The van der Waals surface area contributed by atoms with E-state index in [2.05, 4.69) is 38.1 Å². The number of aryl methyl sites for hydroxylation is 1. The number of aromatic nitrogens is 2. The molecule has 0 saturated carbocycles. The van der Waals surface area contributed by atoms with Crippen LogP contribution < -0.4 is 5.32 Å². The third-order valence-electron chi connectivity index (χ3n) is 3.25. The summed E-state index contributed by atoms with van der Waals surface area (Å²) < 4.78 is 7.67. The Hall–Kier alpha value is -0.580. The minimum Gasteiger partial charge on any atom is -0.379 e. The summed E-state index contributed by atoms with van der Waals surface area (Å²) in [6.45, 7) is 10.3. The lowest BCUT2D eigenvalue weighted by molar-refractivity contribution is 0.0305. The van der Waals surface area contributed by atoms with E-state index < -0.39 is 0 Å². The second-order valence-corrected chi connectivity index (χ2v) is 5.49. The van der Waals surface area contributed by atoms with Gasteiger partial charge in [0, 0.05) is 13.7 Å². The molecule has 2 unspecified atom stereocenters. The van der Waals surface area contributed by atoms with Gasteiger partial charge in [0.15, 0.2) is 0 Å². The van der Waals surface area contributed by atoms with Crippen molar-refractivity contribution in [3.05, 3.63) is 16.9 Å². The van der Waals surface area contributed by atoms with Crippen LogP contribution in [-0.2, 0) is 11.3 Å². The molecule has 1 N–H and O–H groups in total. The number of nitrogens with one attached hydrogen (secondary N) is 1. The lowest BCUT2D eigenvalue weighted by Gasteiger charge is -2.30. The highest BCUT2D eigenvalue weighted by Crippen LogP contribution is 2.29. The zero-order valence-electron chi connectivity index (χ0n) is 12.6. The van der Waals surface area contributed by atoms with Gasteiger partial charge in [-0.15, -0.1) is 0 Å². The Bertz CT molecular complexity index is 379. The molecule has 0 saturated heterocycles. The molecular formula is C14H26ClN3O. The van der Waals surface area contributed by atoms with Crippen LogP contribution in [0.15, 0.2) is 6.20 Å². The minimum atomic E-state index is 0.0662. The fourth-order valence-corrected chi connectivity index (χ4v) is 2.71. The smallest absolute Gasteiger partial charge is 0.0835 e. The number of likely N-dealkylation sites (N-methyl/N-ethyl adjacent to an activating group) is 1. The van der Waals surface area contributed by atoms with E-state index in [-0.39, 0.29) is 12.1 Å². The second kappa shape index (κ2) is 7.88. The summed E-state index contributed by atoms with van der Waals surface area (Å²) in [5, 5.41) is 8.57. The topological polar surface area (TPSA) is 39.1 Å². The van der Waals surface area contributed by atoms with Crippen molar-refractivity contribution in [3.8, 4) is 0 Å². The first kappa shape index (κ1) is 16.5. The molecule has 4 nitrogen and oxygen atoms in total. The number of rotatable bonds is 8. The molecule has 1 heterocycles. The van der Waals surface area contributed by atoms with Crippen LogP contribution in [0.5, 0.6) is 0 Å². The van der Waals surface area contributed by atoms with Gasteiger partial charge in [0.2, 0.25) is 0 Å². The molecule has 1 aromatic rings. The van der Waals surface area contributed by atoms with Crippen LogP contribution in [0, 0.1) is 5.92 Å². The Kier molecular flexibility index (Phi) is 6.83. The number of nitrogens with zero attached hydrogens (tertiary/aromatic N) is 2. The highest BCUT2D eigenvalue weighted by molar-refractivity contribution is 6.31. The third-order valence-corrected chi connectivity index (χ3v) is 3.54. The predicted molar refractivity (Wildman–Crippen MR) is 79.6 cm³/mol. The van der Waals surface area contributed by atoms with Gasteiger partial charge in [0.25, 0.3) is 0 Å². The third kappa shape index (κ3) is 3.94. The summed E-state index contributed by atoms with van der Waals surface area (Å²) in [6.07, 6.45) is 2.83. The van der Waals surface area contributed by atoms with Crippen molar-refractivity contribution in [1.82, 2.24) is 15.1 Å². The standard InChI is InChI=1S/C14H26ClN3O/c1-6-8-18-13(11(15)9-17-18)12(16-7-2)14(19-5)10(3)4/h9-10,12,14,16H,6-8H2,1-5H3. The summed E-state index contributed by atoms with van der Waals surface area (Å²) in [4.78, 5) is 0. The molecule has 0 fully saturated rings. The molecule has 0 amide bonds. The molecule has 0 aliphatic heterocycles. The predicted octanol–water partition coefficient (Wildman–Crippen LogP) is 3.27. The van der Waals surface area contributed by atoms with E-state index in [9.17, 15) is 0 Å². The van der Waals surface area contributed by atoms with Crippen molar-refractivity contribution in [3.63, 3.8) is 0 Å². The van der Waals surface area contributed by atoms with Gasteiger partial charge in [-0.25, -0.2) is 0 Å². The van der Waals surface area contributed by atoms with Crippen LogP contribution >= 0.6 is 11.6 Å². The minimum absolute atomic E-state index is 0.0662. The zero-order valence-corrected chi connectivity index (χ0v) is 13.4. The highest BCUT2D eigenvalue weighted by Gasteiger charge is 2.30. The number of hydrogen-bond donors (Lipinski definition) is 1. The van der Waals surface area contributed by atoms with Gasteiger partial charge < -0.3 is 10.1 Å². The maximum atomic E-state index is 6.34. The average Bonchev–Trinajstić information content (AvgIpc) is 2.70. The largest absolute Gasteiger partial charge is 0.379 e.